The molecule has 1 amide bonds. The van der Waals surface area contributed by atoms with Crippen molar-refractivity contribution in [1.82, 2.24) is 4.98 Å². The number of fused-ring (bicyclic) bond motifs is 1. The number of carbonyl (C=O) groups excluding carboxylic acids is 2. The summed E-state index contributed by atoms with van der Waals surface area (Å²) in [6.07, 6.45) is 2.90. The van der Waals surface area contributed by atoms with Crippen LogP contribution in [-0.2, 0) is 14.3 Å². The molecule has 0 aliphatic carbocycles. The van der Waals surface area contributed by atoms with Gasteiger partial charge in [0.25, 0.3) is 5.91 Å². The van der Waals surface area contributed by atoms with Gasteiger partial charge >= 0.3 is 5.97 Å². The standard InChI is InChI=1S/C23H18ClN3O3/c24-18-6-3-7-20(15-18)27(14-4-13-25)22(28)16-30-23(29)12-11-19-10-9-17-5-1-2-8-21(17)26-19/h1-3,5-12,15H,4,14,16H2/b12-11+. The lowest BCUT2D eigenvalue weighted by atomic mass is 10.2. The van der Waals surface area contributed by atoms with E-state index in [0.717, 1.165) is 10.9 Å². The van der Waals surface area contributed by atoms with E-state index in [9.17, 15) is 9.59 Å². The summed E-state index contributed by atoms with van der Waals surface area (Å²) in [5.41, 5.74) is 1.96. The van der Waals surface area contributed by atoms with Crippen LogP contribution in [0.3, 0.4) is 0 Å². The summed E-state index contributed by atoms with van der Waals surface area (Å²) >= 11 is 5.99. The number of ether oxygens (including phenoxy) is 1. The molecule has 1 aromatic heterocycles. The van der Waals surface area contributed by atoms with Crippen LogP contribution in [0, 0.1) is 11.3 Å². The predicted molar refractivity (Wildman–Crippen MR) is 116 cm³/mol. The second kappa shape index (κ2) is 10.2. The number of benzene rings is 2. The third-order valence-electron chi connectivity index (χ3n) is 4.22. The number of hydrogen-bond donors (Lipinski definition) is 0. The Bertz CT molecular complexity index is 1140. The van der Waals surface area contributed by atoms with E-state index >= 15 is 0 Å². The van der Waals surface area contributed by atoms with E-state index in [4.69, 9.17) is 21.6 Å². The number of carbonyl (C=O) groups is 2. The van der Waals surface area contributed by atoms with Crippen molar-refractivity contribution >= 4 is 46.1 Å². The molecule has 0 aliphatic rings. The van der Waals surface area contributed by atoms with Gasteiger partial charge in [0.2, 0.25) is 0 Å². The summed E-state index contributed by atoms with van der Waals surface area (Å²) in [5.74, 6) is -1.11. The topological polar surface area (TPSA) is 83.3 Å². The Kier molecular flexibility index (Phi) is 7.14. The van der Waals surface area contributed by atoms with Crippen LogP contribution in [0.1, 0.15) is 12.1 Å². The Hall–Kier alpha value is -3.69. The van der Waals surface area contributed by atoms with Crippen molar-refractivity contribution in [3.63, 3.8) is 0 Å². The normalized spacial score (nSPS) is 10.7. The second-order valence-electron chi connectivity index (χ2n) is 6.30. The van der Waals surface area contributed by atoms with Gasteiger partial charge in [0.1, 0.15) is 0 Å². The molecule has 0 spiro atoms. The molecule has 150 valence electrons. The maximum absolute atomic E-state index is 12.5. The first-order valence-corrected chi connectivity index (χ1v) is 9.58. The largest absolute Gasteiger partial charge is 0.452 e. The number of esters is 1. The summed E-state index contributed by atoms with van der Waals surface area (Å²) in [7, 11) is 0. The molecule has 0 saturated carbocycles. The van der Waals surface area contributed by atoms with Gasteiger partial charge < -0.3 is 9.64 Å². The zero-order valence-electron chi connectivity index (χ0n) is 16.0. The molecule has 0 bridgehead atoms. The van der Waals surface area contributed by atoms with Crippen molar-refractivity contribution in [3.8, 4) is 6.07 Å². The molecule has 0 atom stereocenters. The number of nitrogens with zero attached hydrogens (tertiary/aromatic N) is 3. The molecule has 2 aromatic carbocycles. The van der Waals surface area contributed by atoms with Crippen molar-refractivity contribution in [3.05, 3.63) is 77.5 Å². The van der Waals surface area contributed by atoms with Gasteiger partial charge in [-0.1, -0.05) is 41.9 Å². The van der Waals surface area contributed by atoms with Gasteiger partial charge in [-0.15, -0.1) is 0 Å². The zero-order chi connectivity index (χ0) is 21.3. The van der Waals surface area contributed by atoms with Crippen molar-refractivity contribution in [1.29, 1.82) is 5.26 Å². The van der Waals surface area contributed by atoms with Gasteiger partial charge in [-0.2, -0.15) is 5.26 Å². The number of nitriles is 1. The second-order valence-corrected chi connectivity index (χ2v) is 6.74. The number of amides is 1. The molecule has 3 rings (SSSR count). The van der Waals surface area contributed by atoms with E-state index < -0.39 is 18.5 Å². The minimum atomic E-state index is -0.662. The quantitative estimate of drug-likeness (QED) is 0.419. The fourth-order valence-corrected chi connectivity index (χ4v) is 2.98. The first-order chi connectivity index (χ1) is 14.6. The van der Waals surface area contributed by atoms with Gasteiger partial charge in [-0.3, -0.25) is 4.79 Å². The highest BCUT2D eigenvalue weighted by atomic mass is 35.5. The van der Waals surface area contributed by atoms with Crippen LogP contribution in [-0.4, -0.2) is 30.0 Å². The van der Waals surface area contributed by atoms with Crippen LogP contribution in [0.4, 0.5) is 5.69 Å². The van der Waals surface area contributed by atoms with E-state index in [0.29, 0.717) is 16.4 Å². The zero-order valence-corrected chi connectivity index (χ0v) is 16.7. The van der Waals surface area contributed by atoms with Crippen molar-refractivity contribution in [2.45, 2.75) is 6.42 Å². The SMILES string of the molecule is N#CCCN(C(=O)COC(=O)/C=C/c1ccc2ccccc2n1)c1cccc(Cl)c1. The maximum Gasteiger partial charge on any atom is 0.331 e. The molecule has 6 nitrogen and oxygen atoms in total. The lowest BCUT2D eigenvalue weighted by molar-refractivity contribution is -0.142. The average Bonchev–Trinajstić information content (AvgIpc) is 2.76. The van der Waals surface area contributed by atoms with Gasteiger partial charge in [-0.25, -0.2) is 9.78 Å². The molecule has 7 heteroatoms. The number of rotatable bonds is 7. The first-order valence-electron chi connectivity index (χ1n) is 9.20. The van der Waals surface area contributed by atoms with Crippen LogP contribution < -0.4 is 4.90 Å². The number of halogens is 1. The third kappa shape index (κ3) is 5.66. The summed E-state index contributed by atoms with van der Waals surface area (Å²) < 4.78 is 5.07. The molecule has 0 fully saturated rings. The van der Waals surface area contributed by atoms with Crippen LogP contribution in [0.2, 0.25) is 5.02 Å². The van der Waals surface area contributed by atoms with Gasteiger partial charge in [0.05, 0.1) is 23.7 Å². The molecule has 0 aliphatic heterocycles. The number of anilines is 1. The molecule has 0 N–H and O–H groups in total. The Balaban J connectivity index is 1.61. The summed E-state index contributed by atoms with van der Waals surface area (Å²) in [5, 5.41) is 10.3. The van der Waals surface area contributed by atoms with Crippen LogP contribution in [0.5, 0.6) is 0 Å². The van der Waals surface area contributed by atoms with E-state index in [2.05, 4.69) is 4.98 Å². The monoisotopic (exact) mass is 419 g/mol. The molecule has 30 heavy (non-hydrogen) atoms. The van der Waals surface area contributed by atoms with Crippen molar-refractivity contribution < 1.29 is 14.3 Å². The predicted octanol–water partition coefficient (Wildman–Crippen LogP) is 4.39. The molecule has 0 saturated heterocycles. The number of hydrogen-bond acceptors (Lipinski definition) is 5. The van der Waals surface area contributed by atoms with Crippen LogP contribution in [0.25, 0.3) is 17.0 Å². The van der Waals surface area contributed by atoms with Gasteiger partial charge in [0, 0.05) is 28.7 Å². The Morgan fingerprint density at radius 1 is 1.13 bits per heavy atom. The summed E-state index contributed by atoms with van der Waals surface area (Å²) in [6.45, 7) is -0.281. The first kappa shape index (κ1) is 21.0. The van der Waals surface area contributed by atoms with Crippen molar-refractivity contribution in [2.24, 2.45) is 0 Å². The Morgan fingerprint density at radius 2 is 1.97 bits per heavy atom. The summed E-state index contributed by atoms with van der Waals surface area (Å²) in [4.78, 5) is 30.4. The number of para-hydroxylation sites is 1. The number of aromatic nitrogens is 1. The highest BCUT2D eigenvalue weighted by Gasteiger charge is 2.17. The van der Waals surface area contributed by atoms with E-state index in [1.807, 2.05) is 36.4 Å². The molecule has 0 unspecified atom stereocenters. The smallest absolute Gasteiger partial charge is 0.331 e. The third-order valence-corrected chi connectivity index (χ3v) is 4.45. The highest BCUT2D eigenvalue weighted by Crippen LogP contribution is 2.20. The molecular formula is C23H18ClN3O3. The van der Waals surface area contributed by atoms with E-state index in [-0.39, 0.29) is 13.0 Å². The van der Waals surface area contributed by atoms with E-state index in [1.165, 1.54) is 17.1 Å². The van der Waals surface area contributed by atoms with Crippen LogP contribution >= 0.6 is 11.6 Å². The highest BCUT2D eigenvalue weighted by molar-refractivity contribution is 6.30. The fourth-order valence-electron chi connectivity index (χ4n) is 2.79. The van der Waals surface area contributed by atoms with Crippen LogP contribution in [0.15, 0.2) is 66.7 Å². The number of pyridine rings is 1. The molecule has 1 heterocycles. The minimum Gasteiger partial charge on any atom is -0.452 e. The lowest BCUT2D eigenvalue weighted by Crippen LogP contribution is -2.35. The van der Waals surface area contributed by atoms with E-state index in [1.54, 1.807) is 30.3 Å². The summed E-state index contributed by atoms with van der Waals surface area (Å²) in [6, 6.07) is 20.1. The minimum absolute atomic E-state index is 0.139. The van der Waals surface area contributed by atoms with Gasteiger partial charge in [0.15, 0.2) is 6.61 Å². The average molecular weight is 420 g/mol. The lowest BCUT2D eigenvalue weighted by Gasteiger charge is -2.21. The molecule has 0 radical (unpaired) electrons. The Labute approximate surface area is 179 Å². The van der Waals surface area contributed by atoms with Gasteiger partial charge in [-0.05, 0) is 36.4 Å². The molecular weight excluding hydrogens is 402 g/mol. The maximum atomic E-state index is 12.5. The fraction of sp³-hybridized carbons (Fsp3) is 0.130. The van der Waals surface area contributed by atoms with Crippen molar-refractivity contribution in [2.75, 3.05) is 18.1 Å². The molecule has 3 aromatic rings. The Morgan fingerprint density at radius 3 is 2.77 bits per heavy atom.